The van der Waals surface area contributed by atoms with Crippen molar-refractivity contribution in [2.45, 2.75) is 97.7 Å². The Balaban J connectivity index is 3.26. The fourth-order valence-electron chi connectivity index (χ4n) is 2.43. The highest BCUT2D eigenvalue weighted by Crippen LogP contribution is 2.13. The van der Waals surface area contributed by atoms with Crippen molar-refractivity contribution in [1.82, 2.24) is 0 Å². The molecule has 21 heavy (non-hydrogen) atoms. The van der Waals surface area contributed by atoms with Gasteiger partial charge in [0, 0.05) is 13.8 Å². The van der Waals surface area contributed by atoms with Crippen LogP contribution in [-0.4, -0.2) is 24.1 Å². The van der Waals surface area contributed by atoms with E-state index in [1.54, 1.807) is 0 Å². The fourth-order valence-corrected chi connectivity index (χ4v) is 2.43. The lowest BCUT2D eigenvalue weighted by molar-refractivity contribution is -0.146. The summed E-state index contributed by atoms with van der Waals surface area (Å²) >= 11 is 0. The van der Waals surface area contributed by atoms with Crippen LogP contribution in [0.15, 0.2) is 0 Å². The van der Waals surface area contributed by atoms with Crippen molar-refractivity contribution in [1.29, 1.82) is 0 Å². The number of hydrogen-bond donors (Lipinski definition) is 0. The Morgan fingerprint density at radius 1 is 0.667 bits per heavy atom. The average Bonchev–Trinajstić information content (AvgIpc) is 2.34. The summed E-state index contributed by atoms with van der Waals surface area (Å²) < 4.78 is 10.2. The van der Waals surface area contributed by atoms with Gasteiger partial charge in [0.25, 0.3) is 0 Å². The number of unbranched alkanes of at least 4 members (excludes halogenated alkanes) is 6. The van der Waals surface area contributed by atoms with Crippen molar-refractivity contribution in [3.63, 3.8) is 0 Å². The minimum atomic E-state index is -0.189. The molecule has 0 saturated heterocycles. The molecule has 0 saturated carbocycles. The minimum absolute atomic E-state index is 0.0465. The molecule has 0 aliphatic carbocycles. The van der Waals surface area contributed by atoms with Crippen LogP contribution in [0.4, 0.5) is 0 Å². The van der Waals surface area contributed by atoms with Crippen LogP contribution in [0.25, 0.3) is 0 Å². The number of hydrogen-bond acceptors (Lipinski definition) is 4. The second-order valence-electron chi connectivity index (χ2n) is 5.89. The largest absolute Gasteiger partial charge is 0.463 e. The van der Waals surface area contributed by atoms with E-state index in [2.05, 4.69) is 0 Å². The quantitative estimate of drug-likeness (QED) is 0.396. The van der Waals surface area contributed by atoms with Crippen LogP contribution in [0.1, 0.15) is 85.5 Å². The lowest BCUT2D eigenvalue weighted by atomic mass is 10.0. The van der Waals surface area contributed by atoms with Gasteiger partial charge in [-0.05, 0) is 39.5 Å². The zero-order chi connectivity index (χ0) is 16.1. The van der Waals surface area contributed by atoms with Gasteiger partial charge in [-0.1, -0.05) is 32.1 Å². The summed E-state index contributed by atoms with van der Waals surface area (Å²) in [7, 11) is 0. The minimum Gasteiger partial charge on any atom is -0.463 e. The zero-order valence-electron chi connectivity index (χ0n) is 14.2. The van der Waals surface area contributed by atoms with E-state index < -0.39 is 0 Å². The molecule has 0 amide bonds. The Hall–Kier alpha value is -1.06. The van der Waals surface area contributed by atoms with Crippen molar-refractivity contribution in [2.75, 3.05) is 0 Å². The maximum atomic E-state index is 10.7. The van der Waals surface area contributed by atoms with Crippen LogP contribution in [0.5, 0.6) is 0 Å². The normalized spacial score (nSPS) is 13.5. The van der Waals surface area contributed by atoms with E-state index in [1.807, 2.05) is 13.8 Å². The maximum Gasteiger partial charge on any atom is 0.302 e. The molecule has 0 N–H and O–H groups in total. The van der Waals surface area contributed by atoms with Gasteiger partial charge in [0.1, 0.15) is 0 Å². The first-order valence-corrected chi connectivity index (χ1v) is 8.26. The molecule has 0 spiro atoms. The van der Waals surface area contributed by atoms with Crippen LogP contribution in [0, 0.1) is 0 Å². The standard InChI is InChI=1S/C17H32O4/c1-14(20-16(3)18)12-10-8-6-5-7-9-11-13-15(2)21-17(4)19/h14-15H,5-13H2,1-4H3/t14-,15+. The molecule has 0 heterocycles. The first-order chi connectivity index (χ1) is 9.91. The Labute approximate surface area is 129 Å². The zero-order valence-corrected chi connectivity index (χ0v) is 14.2. The van der Waals surface area contributed by atoms with Crippen LogP contribution in [0.3, 0.4) is 0 Å². The van der Waals surface area contributed by atoms with Gasteiger partial charge in [-0.2, -0.15) is 0 Å². The van der Waals surface area contributed by atoms with Gasteiger partial charge in [-0.3, -0.25) is 9.59 Å². The summed E-state index contributed by atoms with van der Waals surface area (Å²) in [5.74, 6) is -0.379. The summed E-state index contributed by atoms with van der Waals surface area (Å²) in [6, 6.07) is 0. The van der Waals surface area contributed by atoms with Gasteiger partial charge in [-0.25, -0.2) is 0 Å². The fraction of sp³-hybridized carbons (Fsp3) is 0.882. The van der Waals surface area contributed by atoms with Crippen molar-refractivity contribution in [2.24, 2.45) is 0 Å². The number of ether oxygens (including phenoxy) is 2. The second-order valence-corrected chi connectivity index (χ2v) is 5.89. The molecule has 0 aromatic rings. The van der Waals surface area contributed by atoms with E-state index in [1.165, 1.54) is 46.0 Å². The SMILES string of the molecule is CC(=O)O[C@H](C)CCCCCCCCC[C@H](C)OC(C)=O. The third-order valence-corrected chi connectivity index (χ3v) is 3.46. The lowest BCUT2D eigenvalue weighted by Crippen LogP contribution is -2.11. The summed E-state index contributed by atoms with van der Waals surface area (Å²) in [5.41, 5.74) is 0. The molecular weight excluding hydrogens is 268 g/mol. The monoisotopic (exact) mass is 300 g/mol. The second kappa shape index (κ2) is 12.7. The van der Waals surface area contributed by atoms with Gasteiger partial charge < -0.3 is 9.47 Å². The van der Waals surface area contributed by atoms with Crippen LogP contribution in [0.2, 0.25) is 0 Å². The molecule has 124 valence electrons. The molecule has 0 aliphatic rings. The summed E-state index contributed by atoms with van der Waals surface area (Å²) in [4.78, 5) is 21.5. The molecule has 0 unspecified atom stereocenters. The van der Waals surface area contributed by atoms with Crippen LogP contribution < -0.4 is 0 Å². The number of esters is 2. The maximum absolute atomic E-state index is 10.7. The predicted octanol–water partition coefficient (Wildman–Crippen LogP) is 4.40. The highest BCUT2D eigenvalue weighted by Gasteiger charge is 2.05. The molecule has 0 aliphatic heterocycles. The lowest BCUT2D eigenvalue weighted by Gasteiger charge is -2.11. The highest BCUT2D eigenvalue weighted by molar-refractivity contribution is 5.66. The first kappa shape index (κ1) is 19.9. The topological polar surface area (TPSA) is 52.6 Å². The third-order valence-electron chi connectivity index (χ3n) is 3.46. The molecule has 0 radical (unpaired) electrons. The number of rotatable bonds is 12. The number of carbonyl (C=O) groups excluding carboxylic acids is 2. The van der Waals surface area contributed by atoms with Crippen molar-refractivity contribution in [3.8, 4) is 0 Å². The Kier molecular flexibility index (Phi) is 12.0. The predicted molar refractivity (Wildman–Crippen MR) is 84.0 cm³/mol. The first-order valence-electron chi connectivity index (χ1n) is 8.26. The molecule has 0 aromatic carbocycles. The van der Waals surface area contributed by atoms with Crippen molar-refractivity contribution in [3.05, 3.63) is 0 Å². The molecule has 4 heteroatoms. The van der Waals surface area contributed by atoms with Crippen molar-refractivity contribution >= 4 is 11.9 Å². The molecule has 0 bridgehead atoms. The van der Waals surface area contributed by atoms with Gasteiger partial charge in [-0.15, -0.1) is 0 Å². The van der Waals surface area contributed by atoms with E-state index in [-0.39, 0.29) is 24.1 Å². The third kappa shape index (κ3) is 15.2. The average molecular weight is 300 g/mol. The summed E-state index contributed by atoms with van der Waals surface area (Å²) in [6.45, 7) is 6.81. The summed E-state index contributed by atoms with van der Waals surface area (Å²) in [5, 5.41) is 0. The van der Waals surface area contributed by atoms with E-state index in [9.17, 15) is 9.59 Å². The van der Waals surface area contributed by atoms with E-state index in [0.717, 1.165) is 25.7 Å². The summed E-state index contributed by atoms with van der Waals surface area (Å²) in [6.07, 6.45) is 10.4. The van der Waals surface area contributed by atoms with E-state index >= 15 is 0 Å². The highest BCUT2D eigenvalue weighted by atomic mass is 16.5. The van der Waals surface area contributed by atoms with Gasteiger partial charge >= 0.3 is 11.9 Å². The van der Waals surface area contributed by atoms with Gasteiger partial charge in [0.15, 0.2) is 0 Å². The molecule has 4 nitrogen and oxygen atoms in total. The molecule has 0 fully saturated rings. The van der Waals surface area contributed by atoms with Crippen LogP contribution in [-0.2, 0) is 19.1 Å². The Morgan fingerprint density at radius 3 is 1.24 bits per heavy atom. The molecular formula is C17H32O4. The molecule has 2 atom stereocenters. The molecule has 0 aromatic heterocycles. The van der Waals surface area contributed by atoms with E-state index in [4.69, 9.17) is 9.47 Å². The van der Waals surface area contributed by atoms with Crippen molar-refractivity contribution < 1.29 is 19.1 Å². The van der Waals surface area contributed by atoms with Crippen LogP contribution >= 0.6 is 0 Å². The smallest absolute Gasteiger partial charge is 0.302 e. The number of carbonyl (C=O) groups is 2. The van der Waals surface area contributed by atoms with E-state index in [0.29, 0.717) is 0 Å². The van der Waals surface area contributed by atoms with Gasteiger partial charge in [0.05, 0.1) is 12.2 Å². The molecule has 0 rings (SSSR count). The van der Waals surface area contributed by atoms with Gasteiger partial charge in [0.2, 0.25) is 0 Å². The Morgan fingerprint density at radius 2 is 0.952 bits per heavy atom. The Bertz CT molecular complexity index is 261.